The first-order valence-corrected chi connectivity index (χ1v) is 8.58. The average molecular weight is 391 g/mol. The van der Waals surface area contributed by atoms with Gasteiger partial charge >= 0.3 is 0 Å². The Morgan fingerprint density at radius 2 is 2.15 bits per heavy atom. The molecule has 1 aromatic carbocycles. The molecular weight excluding hydrogens is 368 g/mol. The SMILES string of the molecule is Cl.NC(=O)c1cccc(OCCC(=O)N2CCNCC2c2cccnc2)c1. The highest BCUT2D eigenvalue weighted by atomic mass is 35.5. The quantitative estimate of drug-likeness (QED) is 0.779. The predicted octanol–water partition coefficient (Wildman–Crippen LogP) is 1.54. The van der Waals surface area contributed by atoms with E-state index in [2.05, 4.69) is 10.3 Å². The molecule has 27 heavy (non-hydrogen) atoms. The number of primary amides is 1. The van der Waals surface area contributed by atoms with E-state index in [4.69, 9.17) is 10.5 Å². The summed E-state index contributed by atoms with van der Waals surface area (Å²) in [7, 11) is 0. The lowest BCUT2D eigenvalue weighted by atomic mass is 10.0. The zero-order chi connectivity index (χ0) is 18.4. The summed E-state index contributed by atoms with van der Waals surface area (Å²) in [4.78, 5) is 29.9. The van der Waals surface area contributed by atoms with Gasteiger partial charge in [0.05, 0.1) is 19.1 Å². The van der Waals surface area contributed by atoms with Gasteiger partial charge in [0, 0.05) is 37.6 Å². The third-order valence-corrected chi connectivity index (χ3v) is 4.34. The topological polar surface area (TPSA) is 97.6 Å². The molecule has 3 N–H and O–H groups in total. The van der Waals surface area contributed by atoms with Crippen LogP contribution in [0.15, 0.2) is 48.8 Å². The van der Waals surface area contributed by atoms with Gasteiger partial charge in [0.25, 0.3) is 0 Å². The summed E-state index contributed by atoms with van der Waals surface area (Å²) in [6, 6.07) is 10.5. The second-order valence-corrected chi connectivity index (χ2v) is 6.08. The van der Waals surface area contributed by atoms with E-state index in [1.807, 2.05) is 17.0 Å². The molecule has 0 radical (unpaired) electrons. The van der Waals surface area contributed by atoms with E-state index in [0.29, 0.717) is 24.4 Å². The monoisotopic (exact) mass is 390 g/mol. The summed E-state index contributed by atoms with van der Waals surface area (Å²) in [5, 5.41) is 3.32. The molecule has 1 aromatic heterocycles. The summed E-state index contributed by atoms with van der Waals surface area (Å²) in [6.07, 6.45) is 3.78. The summed E-state index contributed by atoms with van der Waals surface area (Å²) >= 11 is 0. The van der Waals surface area contributed by atoms with Crippen molar-refractivity contribution in [2.24, 2.45) is 5.73 Å². The number of amides is 2. The highest BCUT2D eigenvalue weighted by Crippen LogP contribution is 2.22. The Balaban J connectivity index is 0.00000261. The molecule has 3 rings (SSSR count). The number of nitrogens with zero attached hydrogens (tertiary/aromatic N) is 2. The molecule has 0 bridgehead atoms. The van der Waals surface area contributed by atoms with Crippen molar-refractivity contribution in [3.8, 4) is 5.75 Å². The number of pyridine rings is 1. The van der Waals surface area contributed by atoms with Crippen LogP contribution in [0.5, 0.6) is 5.75 Å². The minimum absolute atomic E-state index is 0. The molecule has 1 saturated heterocycles. The van der Waals surface area contributed by atoms with Crippen LogP contribution in [0.3, 0.4) is 0 Å². The number of rotatable bonds is 6. The molecule has 1 atom stereocenters. The van der Waals surface area contributed by atoms with Gasteiger partial charge in [0.2, 0.25) is 11.8 Å². The number of hydrogen-bond donors (Lipinski definition) is 2. The van der Waals surface area contributed by atoms with Gasteiger partial charge in [-0.3, -0.25) is 14.6 Å². The van der Waals surface area contributed by atoms with Crippen molar-refractivity contribution < 1.29 is 14.3 Å². The van der Waals surface area contributed by atoms with Gasteiger partial charge in [-0.05, 0) is 29.8 Å². The minimum atomic E-state index is -0.508. The minimum Gasteiger partial charge on any atom is -0.493 e. The summed E-state index contributed by atoms with van der Waals surface area (Å²) < 4.78 is 5.62. The average Bonchev–Trinajstić information content (AvgIpc) is 2.69. The fourth-order valence-corrected chi connectivity index (χ4v) is 3.01. The molecule has 0 aliphatic carbocycles. The number of piperazine rings is 1. The molecule has 7 nitrogen and oxygen atoms in total. The van der Waals surface area contributed by atoms with E-state index in [0.717, 1.165) is 12.1 Å². The van der Waals surface area contributed by atoms with Gasteiger partial charge in [-0.1, -0.05) is 12.1 Å². The highest BCUT2D eigenvalue weighted by molar-refractivity contribution is 5.93. The molecule has 2 heterocycles. The van der Waals surface area contributed by atoms with E-state index in [-0.39, 0.29) is 37.4 Å². The number of nitrogens with one attached hydrogen (secondary N) is 1. The Hall–Kier alpha value is -2.64. The lowest BCUT2D eigenvalue weighted by molar-refractivity contribution is -0.135. The van der Waals surface area contributed by atoms with E-state index < -0.39 is 5.91 Å². The number of benzene rings is 1. The molecule has 1 aliphatic heterocycles. The maximum Gasteiger partial charge on any atom is 0.248 e. The van der Waals surface area contributed by atoms with Crippen LogP contribution in [0.2, 0.25) is 0 Å². The third-order valence-electron chi connectivity index (χ3n) is 4.34. The summed E-state index contributed by atoms with van der Waals surface area (Å²) in [5.41, 5.74) is 6.66. The first-order chi connectivity index (χ1) is 12.6. The zero-order valence-electron chi connectivity index (χ0n) is 14.8. The van der Waals surface area contributed by atoms with E-state index >= 15 is 0 Å². The first kappa shape index (κ1) is 20.7. The van der Waals surface area contributed by atoms with Gasteiger partial charge in [0.1, 0.15) is 5.75 Å². The van der Waals surface area contributed by atoms with Gasteiger partial charge < -0.3 is 20.7 Å². The maximum atomic E-state index is 12.7. The summed E-state index contributed by atoms with van der Waals surface area (Å²) in [5.74, 6) is 0.0521. The van der Waals surface area contributed by atoms with Crippen LogP contribution in [-0.2, 0) is 4.79 Å². The Morgan fingerprint density at radius 1 is 1.30 bits per heavy atom. The fraction of sp³-hybridized carbons (Fsp3) is 0.316. The van der Waals surface area contributed by atoms with Crippen molar-refractivity contribution in [2.45, 2.75) is 12.5 Å². The van der Waals surface area contributed by atoms with E-state index in [1.54, 1.807) is 36.7 Å². The lowest BCUT2D eigenvalue weighted by Crippen LogP contribution is -2.49. The highest BCUT2D eigenvalue weighted by Gasteiger charge is 2.27. The van der Waals surface area contributed by atoms with Crippen LogP contribution in [0, 0.1) is 0 Å². The molecule has 1 unspecified atom stereocenters. The molecule has 1 aliphatic rings. The van der Waals surface area contributed by atoms with Gasteiger partial charge in [-0.2, -0.15) is 0 Å². The standard InChI is InChI=1S/C19H22N4O3.ClH/c20-19(25)14-3-1-5-16(11-14)26-10-6-18(24)23-9-8-22-13-17(23)15-4-2-7-21-12-15;/h1-5,7,11-12,17,22H,6,8-10,13H2,(H2,20,25);1H. The number of hydrogen-bond acceptors (Lipinski definition) is 5. The Kier molecular flexibility index (Phi) is 7.57. The summed E-state index contributed by atoms with van der Waals surface area (Å²) in [6.45, 7) is 2.36. The fourth-order valence-electron chi connectivity index (χ4n) is 3.01. The van der Waals surface area contributed by atoms with Crippen molar-refractivity contribution in [3.05, 3.63) is 59.9 Å². The number of carbonyl (C=O) groups excluding carboxylic acids is 2. The zero-order valence-corrected chi connectivity index (χ0v) is 15.7. The number of aromatic nitrogens is 1. The molecule has 2 aromatic rings. The van der Waals surface area contributed by atoms with Crippen LogP contribution in [0.25, 0.3) is 0 Å². The normalized spacial score (nSPS) is 16.3. The maximum absolute atomic E-state index is 12.7. The van der Waals surface area contributed by atoms with E-state index in [9.17, 15) is 9.59 Å². The van der Waals surface area contributed by atoms with Crippen LogP contribution in [0.4, 0.5) is 0 Å². The molecule has 8 heteroatoms. The van der Waals surface area contributed by atoms with Crippen LogP contribution in [0.1, 0.15) is 28.4 Å². The lowest BCUT2D eigenvalue weighted by Gasteiger charge is -2.36. The molecular formula is C19H23ClN4O3. The van der Waals surface area contributed by atoms with Crippen molar-refractivity contribution in [2.75, 3.05) is 26.2 Å². The largest absolute Gasteiger partial charge is 0.493 e. The third kappa shape index (κ3) is 5.42. The van der Waals surface area contributed by atoms with Crippen LogP contribution in [-0.4, -0.2) is 47.9 Å². The Bertz CT molecular complexity index is 773. The Morgan fingerprint density at radius 3 is 2.89 bits per heavy atom. The van der Waals surface area contributed by atoms with Crippen molar-refractivity contribution in [1.29, 1.82) is 0 Å². The second kappa shape index (κ2) is 9.89. The molecule has 0 spiro atoms. The van der Waals surface area contributed by atoms with Crippen LogP contribution >= 0.6 is 12.4 Å². The molecule has 2 amide bonds. The first-order valence-electron chi connectivity index (χ1n) is 8.58. The Labute approximate surface area is 164 Å². The van der Waals surface area contributed by atoms with Gasteiger partial charge in [0.15, 0.2) is 0 Å². The number of nitrogens with two attached hydrogens (primary N) is 1. The van der Waals surface area contributed by atoms with Crippen LogP contribution < -0.4 is 15.8 Å². The van der Waals surface area contributed by atoms with Gasteiger partial charge in [-0.25, -0.2) is 0 Å². The van der Waals surface area contributed by atoms with E-state index in [1.165, 1.54) is 0 Å². The number of ether oxygens (including phenoxy) is 1. The molecule has 1 fully saturated rings. The predicted molar refractivity (Wildman–Crippen MR) is 104 cm³/mol. The number of halogens is 1. The number of carbonyl (C=O) groups is 2. The molecule has 0 saturated carbocycles. The van der Waals surface area contributed by atoms with Crippen molar-refractivity contribution in [1.82, 2.24) is 15.2 Å². The van der Waals surface area contributed by atoms with Crippen molar-refractivity contribution >= 4 is 24.2 Å². The smallest absolute Gasteiger partial charge is 0.248 e. The van der Waals surface area contributed by atoms with Crippen molar-refractivity contribution in [3.63, 3.8) is 0 Å². The second-order valence-electron chi connectivity index (χ2n) is 6.08. The van der Waals surface area contributed by atoms with Gasteiger partial charge in [-0.15, -0.1) is 12.4 Å². The molecule has 144 valence electrons.